The molecule has 5 heterocycles. The molecule has 2 bridgehead atoms. The molecule has 3 fully saturated rings. The summed E-state index contributed by atoms with van der Waals surface area (Å²) in [5.74, 6) is 2.52. The van der Waals surface area contributed by atoms with Crippen LogP contribution in [-0.4, -0.2) is 69.6 Å². The monoisotopic (exact) mass is 690 g/mol. The van der Waals surface area contributed by atoms with E-state index in [0.29, 0.717) is 35.7 Å². The van der Waals surface area contributed by atoms with Crippen LogP contribution in [0.1, 0.15) is 58.9 Å². The minimum absolute atomic E-state index is 0.252. The summed E-state index contributed by atoms with van der Waals surface area (Å²) >= 11 is 0. The number of esters is 1. The van der Waals surface area contributed by atoms with Gasteiger partial charge < -0.3 is 14.7 Å². The fourth-order valence-corrected chi connectivity index (χ4v) is 11.1. The summed E-state index contributed by atoms with van der Waals surface area (Å²) in [6.07, 6.45) is 20.2. The molecule has 3 aliphatic heterocycles. The third-order valence-electron chi connectivity index (χ3n) is 13.5. The minimum Gasteiger partial charge on any atom is -0.461 e. The molecule has 3 aliphatic carbocycles. The van der Waals surface area contributed by atoms with Crippen LogP contribution in [0, 0.1) is 23.7 Å². The largest absolute Gasteiger partial charge is 0.461 e. The van der Waals surface area contributed by atoms with Crippen molar-refractivity contribution in [2.75, 3.05) is 26.2 Å². The number of carbonyl (C=O) groups is 1. The number of nitrogens with one attached hydrogen (secondary N) is 2. The third kappa shape index (κ3) is 5.40. The van der Waals surface area contributed by atoms with E-state index in [0.717, 1.165) is 73.2 Å². The van der Waals surface area contributed by atoms with E-state index < -0.39 is 0 Å². The van der Waals surface area contributed by atoms with E-state index in [-0.39, 0.29) is 5.97 Å². The lowest BCUT2D eigenvalue weighted by molar-refractivity contribution is 0.0518. The average molecular weight is 691 g/mol. The van der Waals surface area contributed by atoms with E-state index >= 15 is 0 Å². The number of aryl methyl sites for hydroxylation is 1. The van der Waals surface area contributed by atoms with Crippen LogP contribution in [0.25, 0.3) is 21.8 Å². The van der Waals surface area contributed by atoms with Crippen LogP contribution >= 0.6 is 0 Å². The van der Waals surface area contributed by atoms with E-state index in [2.05, 4.69) is 111 Å². The zero-order valence-electron chi connectivity index (χ0n) is 30.3. The van der Waals surface area contributed by atoms with Gasteiger partial charge in [0.25, 0.3) is 0 Å². The lowest BCUT2D eigenvalue weighted by Crippen LogP contribution is -2.51. The van der Waals surface area contributed by atoms with Gasteiger partial charge in [0.1, 0.15) is 5.69 Å². The Morgan fingerprint density at radius 2 is 1.75 bits per heavy atom. The second-order valence-corrected chi connectivity index (χ2v) is 16.3. The van der Waals surface area contributed by atoms with Gasteiger partial charge in [-0.15, -0.1) is 0 Å². The molecule has 0 radical (unpaired) electrons. The van der Waals surface area contributed by atoms with Gasteiger partial charge in [0, 0.05) is 65.6 Å². The van der Waals surface area contributed by atoms with E-state index in [1.54, 1.807) is 0 Å². The first-order chi connectivity index (χ1) is 25.6. The summed E-state index contributed by atoms with van der Waals surface area (Å²) in [7, 11) is 0. The van der Waals surface area contributed by atoms with Gasteiger partial charge in [-0.1, -0.05) is 85.0 Å². The van der Waals surface area contributed by atoms with Crippen LogP contribution in [-0.2, 0) is 30.4 Å². The van der Waals surface area contributed by atoms with Gasteiger partial charge >= 0.3 is 5.97 Å². The van der Waals surface area contributed by atoms with Crippen molar-refractivity contribution in [3.05, 3.63) is 131 Å². The first-order valence-corrected chi connectivity index (χ1v) is 19.9. The van der Waals surface area contributed by atoms with E-state index in [1.165, 1.54) is 53.3 Å². The number of rotatable bonds is 13. The van der Waals surface area contributed by atoms with Crippen LogP contribution in [0.5, 0.6) is 0 Å². The number of H-pyrrole nitrogens is 2. The SMILES string of the molecule is CCOC(=O)c1[nH]c2ccccc2c1CCN1CC2C=CC1C(CCc1ccc3c(CCN4C5C(Cc6ccccc6)CC6C=CC654)c[nH]c3c1)C2. The van der Waals surface area contributed by atoms with Crippen LogP contribution in [0.2, 0.25) is 0 Å². The number of ether oxygens (including phenoxy) is 1. The number of fused-ring (bicyclic) bond motifs is 4. The molecule has 8 unspecified atom stereocenters. The summed E-state index contributed by atoms with van der Waals surface area (Å²) in [5.41, 5.74) is 8.72. The van der Waals surface area contributed by atoms with Crippen LogP contribution in [0.4, 0.5) is 0 Å². The van der Waals surface area contributed by atoms with Crippen molar-refractivity contribution in [2.24, 2.45) is 23.7 Å². The lowest BCUT2D eigenvalue weighted by Gasteiger charge is -2.47. The van der Waals surface area contributed by atoms with Crippen molar-refractivity contribution in [3.8, 4) is 0 Å². The number of para-hydroxylation sites is 1. The molecular weight excluding hydrogens is 641 g/mol. The molecule has 6 aliphatic rings. The molecule has 0 amide bonds. The van der Waals surface area contributed by atoms with Crippen LogP contribution in [0.15, 0.2) is 103 Å². The normalized spacial score (nSPS) is 29.8. The summed E-state index contributed by atoms with van der Waals surface area (Å²) in [4.78, 5) is 25.4. The van der Waals surface area contributed by atoms with Gasteiger partial charge in [0.15, 0.2) is 0 Å². The highest BCUT2D eigenvalue weighted by Gasteiger charge is 2.73. The number of aromatic amines is 2. The summed E-state index contributed by atoms with van der Waals surface area (Å²) < 4.78 is 5.42. The first-order valence-electron chi connectivity index (χ1n) is 19.9. The Labute approximate surface area is 306 Å². The van der Waals surface area contributed by atoms with Gasteiger partial charge in [0.05, 0.1) is 12.1 Å². The highest BCUT2D eigenvalue weighted by Crippen LogP contribution is 2.65. The fraction of sp³-hybridized carbons (Fsp3) is 0.413. The maximum atomic E-state index is 12.9. The predicted octanol–water partition coefficient (Wildman–Crippen LogP) is 8.29. The number of likely N-dealkylation sites (tertiary alicyclic amines) is 1. The Morgan fingerprint density at radius 1 is 0.865 bits per heavy atom. The van der Waals surface area contributed by atoms with Crippen molar-refractivity contribution in [3.63, 3.8) is 0 Å². The number of benzene rings is 3. The Kier molecular flexibility index (Phi) is 8.02. The molecule has 1 saturated carbocycles. The second-order valence-electron chi connectivity index (χ2n) is 16.3. The number of piperidine rings is 2. The minimum atomic E-state index is -0.252. The molecule has 3 aromatic carbocycles. The second kappa shape index (κ2) is 12.9. The molecule has 8 atom stereocenters. The number of hydrogen-bond acceptors (Lipinski definition) is 4. The molecule has 5 aromatic rings. The number of hydrogen-bond donors (Lipinski definition) is 2. The van der Waals surface area contributed by atoms with Gasteiger partial charge in [-0.3, -0.25) is 9.80 Å². The van der Waals surface area contributed by atoms with Crippen molar-refractivity contribution >= 4 is 27.8 Å². The van der Waals surface area contributed by atoms with Gasteiger partial charge in [0.2, 0.25) is 0 Å². The molecule has 52 heavy (non-hydrogen) atoms. The van der Waals surface area contributed by atoms with Crippen LogP contribution < -0.4 is 0 Å². The maximum Gasteiger partial charge on any atom is 0.355 e. The lowest BCUT2D eigenvalue weighted by atomic mass is 9.75. The molecule has 2 aromatic heterocycles. The molecule has 1 spiro atoms. The average Bonchev–Trinajstić information content (AvgIpc) is 3.36. The van der Waals surface area contributed by atoms with Crippen LogP contribution in [0.3, 0.4) is 0 Å². The molecule has 266 valence electrons. The van der Waals surface area contributed by atoms with Crippen molar-refractivity contribution in [1.29, 1.82) is 0 Å². The molecule has 11 rings (SSSR count). The van der Waals surface area contributed by atoms with Gasteiger partial charge in [-0.25, -0.2) is 4.79 Å². The number of aromatic nitrogens is 2. The molecule has 6 heteroatoms. The zero-order chi connectivity index (χ0) is 34.8. The standard InChI is InChI=1S/C46H50N4O2/c1-2-52-45(51)43-39(38-10-6-7-11-40(38)48-43)20-22-49-29-32-14-17-42(49)33(25-32)15-12-31-13-16-37-34(28-47-41(37)26-31)19-23-50-44-35(24-30-8-4-3-5-9-30)27-36-18-21-46(36,44)50/h3-11,13-14,16-18,21,26,28,32-33,35-36,42,44,47-48H,2,12,15,19-20,22-25,27,29H2,1H3. The highest BCUT2D eigenvalue weighted by molar-refractivity contribution is 5.98. The van der Waals surface area contributed by atoms with Crippen molar-refractivity contribution in [2.45, 2.75) is 69.5 Å². The topological polar surface area (TPSA) is 64.1 Å². The fourth-order valence-electron chi connectivity index (χ4n) is 11.1. The Bertz CT molecular complexity index is 2180. The number of nitrogens with zero attached hydrogens (tertiary/aromatic N) is 2. The van der Waals surface area contributed by atoms with Crippen molar-refractivity contribution < 1.29 is 9.53 Å². The van der Waals surface area contributed by atoms with Gasteiger partial charge in [-0.05, 0) is 104 Å². The maximum absolute atomic E-state index is 12.9. The van der Waals surface area contributed by atoms with E-state index in [1.807, 2.05) is 19.1 Å². The number of carbonyl (C=O) groups excluding carboxylic acids is 1. The molecule has 2 saturated heterocycles. The molecule has 6 nitrogen and oxygen atoms in total. The Hall–Kier alpha value is -4.39. The molecule has 2 N–H and O–H groups in total. The summed E-state index contributed by atoms with van der Waals surface area (Å²) in [6, 6.07) is 27.7. The zero-order valence-corrected chi connectivity index (χ0v) is 30.3. The smallest absolute Gasteiger partial charge is 0.355 e. The quantitative estimate of drug-likeness (QED) is 0.0742. The Morgan fingerprint density at radius 3 is 2.60 bits per heavy atom. The third-order valence-corrected chi connectivity index (χ3v) is 13.5. The van der Waals surface area contributed by atoms with E-state index in [9.17, 15) is 4.79 Å². The Balaban J connectivity index is 0.767. The first kappa shape index (κ1) is 32.3. The van der Waals surface area contributed by atoms with E-state index in [4.69, 9.17) is 4.74 Å². The molecular formula is C46H50N4O2. The summed E-state index contributed by atoms with van der Waals surface area (Å²) in [5, 5.41) is 2.52. The highest BCUT2D eigenvalue weighted by atomic mass is 16.5. The van der Waals surface area contributed by atoms with Gasteiger partial charge in [-0.2, -0.15) is 0 Å². The summed E-state index contributed by atoms with van der Waals surface area (Å²) in [6.45, 7) is 5.44. The van der Waals surface area contributed by atoms with Crippen molar-refractivity contribution in [1.82, 2.24) is 19.8 Å². The predicted molar refractivity (Wildman–Crippen MR) is 208 cm³/mol.